The smallest absolute Gasteiger partial charge is 0.256 e. The van der Waals surface area contributed by atoms with E-state index in [0.717, 1.165) is 10.6 Å². The summed E-state index contributed by atoms with van der Waals surface area (Å²) in [5.41, 5.74) is 1.29. The normalized spacial score (nSPS) is 10.7. The second-order valence-corrected chi connectivity index (χ2v) is 5.47. The molecule has 1 amide bonds. The summed E-state index contributed by atoms with van der Waals surface area (Å²) in [6, 6.07) is 16.5. The first-order valence-corrected chi connectivity index (χ1v) is 7.59. The molecule has 3 aromatic rings. The summed E-state index contributed by atoms with van der Waals surface area (Å²) >= 11 is 1.62. The van der Waals surface area contributed by atoms with Crippen LogP contribution in [-0.4, -0.2) is 17.1 Å². The third kappa shape index (κ3) is 3.65. The number of aliphatic imine (C=N–C) groups is 1. The summed E-state index contributed by atoms with van der Waals surface area (Å²) in [4.78, 5) is 21.7. The van der Waals surface area contributed by atoms with Crippen molar-refractivity contribution in [1.29, 1.82) is 0 Å². The summed E-state index contributed by atoms with van der Waals surface area (Å²) in [6.07, 6.45) is 3.43. The van der Waals surface area contributed by atoms with E-state index in [-0.39, 0.29) is 5.91 Å². The van der Waals surface area contributed by atoms with Crippen LogP contribution in [0.3, 0.4) is 0 Å². The monoisotopic (exact) mass is 307 g/mol. The van der Waals surface area contributed by atoms with Crippen molar-refractivity contribution < 1.29 is 4.79 Å². The van der Waals surface area contributed by atoms with Crippen molar-refractivity contribution in [1.82, 2.24) is 4.98 Å². The fourth-order valence-electron chi connectivity index (χ4n) is 1.86. The maximum atomic E-state index is 12.2. The maximum Gasteiger partial charge on any atom is 0.256 e. The van der Waals surface area contributed by atoms with Gasteiger partial charge in [0.2, 0.25) is 0 Å². The van der Waals surface area contributed by atoms with Crippen molar-refractivity contribution in [2.45, 2.75) is 0 Å². The van der Waals surface area contributed by atoms with E-state index in [2.05, 4.69) is 15.3 Å². The fraction of sp³-hybridized carbons (Fsp3) is 0. The SMILES string of the molecule is O=C(Nc1ccccn1)c1cccc(N=Cc2cccs2)c1. The molecule has 0 fully saturated rings. The number of thiophene rings is 1. The molecular formula is C17H13N3OS. The molecule has 1 aromatic carbocycles. The van der Waals surface area contributed by atoms with Crippen LogP contribution in [-0.2, 0) is 0 Å². The third-order valence-electron chi connectivity index (χ3n) is 2.90. The molecule has 0 unspecified atom stereocenters. The fourth-order valence-corrected chi connectivity index (χ4v) is 2.44. The average molecular weight is 307 g/mol. The minimum atomic E-state index is -0.202. The van der Waals surface area contributed by atoms with E-state index in [1.54, 1.807) is 48.0 Å². The molecule has 2 aromatic heterocycles. The van der Waals surface area contributed by atoms with Crippen molar-refractivity contribution in [2.24, 2.45) is 4.99 Å². The van der Waals surface area contributed by atoms with Gasteiger partial charge in [-0.25, -0.2) is 4.98 Å². The zero-order chi connectivity index (χ0) is 15.2. The number of carbonyl (C=O) groups excluding carboxylic acids is 1. The molecule has 0 saturated carbocycles. The summed E-state index contributed by atoms with van der Waals surface area (Å²) < 4.78 is 0. The second kappa shape index (κ2) is 6.78. The molecule has 0 aliphatic rings. The first-order chi connectivity index (χ1) is 10.8. The van der Waals surface area contributed by atoms with Crippen LogP contribution < -0.4 is 5.32 Å². The number of aromatic nitrogens is 1. The number of benzene rings is 1. The highest BCUT2D eigenvalue weighted by molar-refractivity contribution is 7.11. The van der Waals surface area contributed by atoms with E-state index in [1.807, 2.05) is 35.7 Å². The number of nitrogens with zero attached hydrogens (tertiary/aromatic N) is 2. The number of carbonyl (C=O) groups is 1. The van der Waals surface area contributed by atoms with E-state index >= 15 is 0 Å². The van der Waals surface area contributed by atoms with Gasteiger partial charge in [0.15, 0.2) is 0 Å². The molecule has 0 aliphatic carbocycles. The Kier molecular flexibility index (Phi) is 4.36. The first kappa shape index (κ1) is 14.2. The maximum absolute atomic E-state index is 12.2. The van der Waals surface area contributed by atoms with Gasteiger partial charge in [-0.05, 0) is 41.8 Å². The number of amides is 1. The molecule has 22 heavy (non-hydrogen) atoms. The summed E-state index contributed by atoms with van der Waals surface area (Å²) in [6.45, 7) is 0. The summed E-state index contributed by atoms with van der Waals surface area (Å²) in [5.74, 6) is 0.326. The molecule has 0 bridgehead atoms. The van der Waals surface area contributed by atoms with Crippen LogP contribution >= 0.6 is 11.3 Å². The Hall–Kier alpha value is -2.79. The highest BCUT2D eigenvalue weighted by Crippen LogP contribution is 2.16. The van der Waals surface area contributed by atoms with Gasteiger partial charge < -0.3 is 5.32 Å². The quantitative estimate of drug-likeness (QED) is 0.736. The van der Waals surface area contributed by atoms with Gasteiger partial charge in [0.1, 0.15) is 5.82 Å². The molecule has 0 radical (unpaired) electrons. The molecule has 0 aliphatic heterocycles. The Morgan fingerprint density at radius 3 is 2.86 bits per heavy atom. The molecule has 0 saturated heterocycles. The van der Waals surface area contributed by atoms with E-state index < -0.39 is 0 Å². The minimum Gasteiger partial charge on any atom is -0.307 e. The number of hydrogen-bond acceptors (Lipinski definition) is 4. The minimum absolute atomic E-state index is 0.202. The van der Waals surface area contributed by atoms with Gasteiger partial charge in [0.25, 0.3) is 5.91 Å². The van der Waals surface area contributed by atoms with Crippen LogP contribution in [0.5, 0.6) is 0 Å². The predicted octanol–water partition coefficient (Wildman–Crippen LogP) is 4.15. The lowest BCUT2D eigenvalue weighted by Gasteiger charge is -2.04. The van der Waals surface area contributed by atoms with Crippen molar-refractivity contribution in [2.75, 3.05) is 5.32 Å². The topological polar surface area (TPSA) is 54.4 Å². The van der Waals surface area contributed by atoms with Crippen LogP contribution in [0.2, 0.25) is 0 Å². The third-order valence-corrected chi connectivity index (χ3v) is 3.71. The molecule has 5 heteroatoms. The zero-order valence-corrected chi connectivity index (χ0v) is 12.5. The Morgan fingerprint density at radius 2 is 2.09 bits per heavy atom. The van der Waals surface area contributed by atoms with Gasteiger partial charge in [-0.3, -0.25) is 9.79 Å². The van der Waals surface area contributed by atoms with Crippen molar-refractivity contribution in [3.8, 4) is 0 Å². The van der Waals surface area contributed by atoms with E-state index in [4.69, 9.17) is 0 Å². The Bertz CT molecular complexity index is 783. The molecule has 1 N–H and O–H groups in total. The molecule has 0 atom stereocenters. The first-order valence-electron chi connectivity index (χ1n) is 6.71. The van der Waals surface area contributed by atoms with E-state index in [9.17, 15) is 4.79 Å². The van der Waals surface area contributed by atoms with E-state index in [1.165, 1.54) is 0 Å². The van der Waals surface area contributed by atoms with Crippen LogP contribution in [0.4, 0.5) is 11.5 Å². The lowest BCUT2D eigenvalue weighted by atomic mass is 10.2. The Balaban J connectivity index is 1.74. The summed E-state index contributed by atoms with van der Waals surface area (Å²) in [5, 5.41) is 4.75. The largest absolute Gasteiger partial charge is 0.307 e. The van der Waals surface area contributed by atoms with Gasteiger partial charge in [0, 0.05) is 22.9 Å². The predicted molar refractivity (Wildman–Crippen MR) is 90.2 cm³/mol. The summed E-state index contributed by atoms with van der Waals surface area (Å²) in [7, 11) is 0. The van der Waals surface area contributed by atoms with Crippen molar-refractivity contribution in [3.05, 3.63) is 76.6 Å². The van der Waals surface area contributed by atoms with Gasteiger partial charge >= 0.3 is 0 Å². The van der Waals surface area contributed by atoms with Gasteiger partial charge in [-0.15, -0.1) is 11.3 Å². The zero-order valence-electron chi connectivity index (χ0n) is 11.6. The average Bonchev–Trinajstić information content (AvgIpc) is 3.08. The van der Waals surface area contributed by atoms with Gasteiger partial charge in [-0.1, -0.05) is 18.2 Å². The van der Waals surface area contributed by atoms with E-state index in [0.29, 0.717) is 11.4 Å². The molecule has 4 nitrogen and oxygen atoms in total. The number of hydrogen-bond donors (Lipinski definition) is 1. The lowest BCUT2D eigenvalue weighted by Crippen LogP contribution is -2.12. The Labute approximate surface area is 132 Å². The molecular weight excluding hydrogens is 294 g/mol. The second-order valence-electron chi connectivity index (χ2n) is 4.49. The number of nitrogens with one attached hydrogen (secondary N) is 1. The number of rotatable bonds is 4. The number of pyridine rings is 1. The molecule has 3 rings (SSSR count). The molecule has 2 heterocycles. The molecule has 0 spiro atoms. The Morgan fingerprint density at radius 1 is 1.14 bits per heavy atom. The lowest BCUT2D eigenvalue weighted by molar-refractivity contribution is 0.102. The number of anilines is 1. The van der Waals surface area contributed by atoms with Crippen molar-refractivity contribution >= 4 is 35.0 Å². The highest BCUT2D eigenvalue weighted by atomic mass is 32.1. The highest BCUT2D eigenvalue weighted by Gasteiger charge is 2.06. The van der Waals surface area contributed by atoms with Crippen molar-refractivity contribution in [3.63, 3.8) is 0 Å². The van der Waals surface area contributed by atoms with Crippen LogP contribution in [0.1, 0.15) is 15.2 Å². The van der Waals surface area contributed by atoms with Crippen LogP contribution in [0.15, 0.2) is 71.2 Å². The van der Waals surface area contributed by atoms with Gasteiger partial charge in [0.05, 0.1) is 5.69 Å². The molecule has 108 valence electrons. The standard InChI is InChI=1S/C17H13N3OS/c21-17(20-16-8-1-2-9-18-16)13-5-3-6-14(11-13)19-12-15-7-4-10-22-15/h1-12H,(H,18,20,21). The van der Waals surface area contributed by atoms with Crippen LogP contribution in [0, 0.1) is 0 Å². The van der Waals surface area contributed by atoms with Crippen LogP contribution in [0.25, 0.3) is 0 Å². The van der Waals surface area contributed by atoms with Gasteiger partial charge in [-0.2, -0.15) is 0 Å².